The Morgan fingerprint density at radius 2 is 1.87 bits per heavy atom. The van der Waals surface area contributed by atoms with E-state index in [1.165, 1.54) is 0 Å². The van der Waals surface area contributed by atoms with Crippen molar-refractivity contribution in [3.63, 3.8) is 0 Å². The molecule has 0 fully saturated rings. The topological polar surface area (TPSA) is 88.2 Å². The first-order valence-corrected chi connectivity index (χ1v) is 4.96. The second kappa shape index (κ2) is 4.51. The van der Waals surface area contributed by atoms with Crippen LogP contribution in [0.3, 0.4) is 0 Å². The fourth-order valence-corrected chi connectivity index (χ4v) is 0.875. The third kappa shape index (κ3) is 4.67. The summed E-state index contributed by atoms with van der Waals surface area (Å²) >= 11 is 0. The van der Waals surface area contributed by atoms with Crippen molar-refractivity contribution in [1.82, 2.24) is 5.32 Å². The summed E-state index contributed by atoms with van der Waals surface area (Å²) in [5.74, 6) is -0.0733. The maximum absolute atomic E-state index is 11.5. The first-order chi connectivity index (χ1) is 6.60. The third-order valence-corrected chi connectivity index (χ3v) is 2.08. The van der Waals surface area contributed by atoms with Crippen molar-refractivity contribution >= 4 is 11.9 Å². The van der Waals surface area contributed by atoms with Gasteiger partial charge >= 0.3 is 6.09 Å². The van der Waals surface area contributed by atoms with Crippen LogP contribution >= 0.6 is 0 Å². The molecular formula is C10H21N3O2. The van der Waals surface area contributed by atoms with Crippen molar-refractivity contribution in [2.45, 2.75) is 52.2 Å². The minimum absolute atomic E-state index is 0.0733. The van der Waals surface area contributed by atoms with E-state index in [-0.39, 0.29) is 5.84 Å². The molecule has 0 spiro atoms. The summed E-state index contributed by atoms with van der Waals surface area (Å²) in [5.41, 5.74) is 4.03. The van der Waals surface area contributed by atoms with Gasteiger partial charge in [0, 0.05) is 0 Å². The van der Waals surface area contributed by atoms with Crippen molar-refractivity contribution in [2.24, 2.45) is 5.73 Å². The molecule has 0 aromatic heterocycles. The highest BCUT2D eigenvalue weighted by atomic mass is 16.6. The molecule has 15 heavy (non-hydrogen) atoms. The zero-order chi connectivity index (χ0) is 12.3. The molecule has 0 heterocycles. The van der Waals surface area contributed by atoms with Gasteiger partial charge in [-0.15, -0.1) is 0 Å². The zero-order valence-electron chi connectivity index (χ0n) is 10.1. The molecule has 0 aliphatic carbocycles. The summed E-state index contributed by atoms with van der Waals surface area (Å²) in [6.45, 7) is 8.88. The minimum atomic E-state index is -0.831. The lowest BCUT2D eigenvalue weighted by Crippen LogP contribution is -2.55. The van der Waals surface area contributed by atoms with Gasteiger partial charge in [0.1, 0.15) is 11.4 Å². The quantitative estimate of drug-likeness (QED) is 0.493. The molecule has 4 N–H and O–H groups in total. The molecule has 0 aromatic rings. The first kappa shape index (κ1) is 13.7. The summed E-state index contributed by atoms with van der Waals surface area (Å²) in [6, 6.07) is 0. The summed E-state index contributed by atoms with van der Waals surface area (Å²) in [4.78, 5) is 11.5. The van der Waals surface area contributed by atoms with Gasteiger partial charge in [0.15, 0.2) is 0 Å². The largest absolute Gasteiger partial charge is 0.444 e. The van der Waals surface area contributed by atoms with Crippen LogP contribution in [0.2, 0.25) is 0 Å². The van der Waals surface area contributed by atoms with Gasteiger partial charge in [0.25, 0.3) is 0 Å². The normalized spacial score (nSPS) is 15.3. The van der Waals surface area contributed by atoms with Gasteiger partial charge in [-0.1, -0.05) is 6.92 Å². The van der Waals surface area contributed by atoms with E-state index in [0.717, 1.165) is 0 Å². The van der Waals surface area contributed by atoms with Crippen molar-refractivity contribution in [2.75, 3.05) is 0 Å². The van der Waals surface area contributed by atoms with Gasteiger partial charge in [-0.05, 0) is 34.1 Å². The standard InChI is InChI=1S/C10H21N3O2/c1-6-10(5,7(11)12)13-8(14)15-9(2,3)4/h6H2,1-5H3,(H3,11,12)(H,13,14). The molecule has 5 nitrogen and oxygen atoms in total. The summed E-state index contributed by atoms with van der Waals surface area (Å²) in [7, 11) is 0. The molecule has 0 aromatic carbocycles. The second-order valence-electron chi connectivity index (χ2n) is 4.73. The van der Waals surface area contributed by atoms with Crippen molar-refractivity contribution in [3.05, 3.63) is 0 Å². The number of hydrogen-bond donors (Lipinski definition) is 3. The number of nitrogens with one attached hydrogen (secondary N) is 2. The van der Waals surface area contributed by atoms with Gasteiger partial charge < -0.3 is 15.8 Å². The van der Waals surface area contributed by atoms with Gasteiger partial charge in [-0.25, -0.2) is 4.79 Å². The highest BCUT2D eigenvalue weighted by molar-refractivity contribution is 5.90. The summed E-state index contributed by atoms with van der Waals surface area (Å²) < 4.78 is 5.08. The highest BCUT2D eigenvalue weighted by Crippen LogP contribution is 2.12. The molecule has 0 aliphatic rings. The number of carbonyl (C=O) groups excluding carboxylic acids is 1. The molecule has 1 atom stereocenters. The number of rotatable bonds is 3. The molecule has 1 unspecified atom stereocenters. The Kier molecular flexibility index (Phi) is 4.13. The molecule has 0 radical (unpaired) electrons. The van der Waals surface area contributed by atoms with Crippen LogP contribution in [0.5, 0.6) is 0 Å². The van der Waals surface area contributed by atoms with E-state index in [1.807, 2.05) is 6.92 Å². The smallest absolute Gasteiger partial charge is 0.408 e. The Morgan fingerprint density at radius 3 is 2.13 bits per heavy atom. The van der Waals surface area contributed by atoms with Crippen molar-refractivity contribution < 1.29 is 9.53 Å². The predicted molar refractivity (Wildman–Crippen MR) is 60.0 cm³/mol. The maximum atomic E-state index is 11.5. The van der Waals surface area contributed by atoms with Crippen LogP contribution < -0.4 is 11.1 Å². The van der Waals surface area contributed by atoms with Crippen LogP contribution in [0.4, 0.5) is 4.79 Å². The van der Waals surface area contributed by atoms with Gasteiger partial charge in [0.2, 0.25) is 0 Å². The van der Waals surface area contributed by atoms with Gasteiger partial charge in [0.05, 0.1) is 5.54 Å². The number of ether oxygens (including phenoxy) is 1. The van der Waals surface area contributed by atoms with E-state index in [2.05, 4.69) is 5.32 Å². The summed E-state index contributed by atoms with van der Waals surface area (Å²) in [6.07, 6.45) is -0.0104. The average molecular weight is 215 g/mol. The lowest BCUT2D eigenvalue weighted by Gasteiger charge is -2.29. The second-order valence-corrected chi connectivity index (χ2v) is 4.73. The third-order valence-electron chi connectivity index (χ3n) is 2.08. The van der Waals surface area contributed by atoms with E-state index in [4.69, 9.17) is 15.9 Å². The fourth-order valence-electron chi connectivity index (χ4n) is 0.875. The summed E-state index contributed by atoms with van der Waals surface area (Å²) in [5, 5.41) is 9.97. The van der Waals surface area contributed by atoms with Gasteiger partial charge in [-0.2, -0.15) is 0 Å². The Hall–Kier alpha value is -1.26. The van der Waals surface area contributed by atoms with E-state index in [0.29, 0.717) is 6.42 Å². The fraction of sp³-hybridized carbons (Fsp3) is 0.800. The van der Waals surface area contributed by atoms with E-state index < -0.39 is 17.2 Å². The van der Waals surface area contributed by atoms with E-state index in [9.17, 15) is 4.79 Å². The number of hydrogen-bond acceptors (Lipinski definition) is 3. The Labute approximate surface area is 90.9 Å². The zero-order valence-corrected chi connectivity index (χ0v) is 10.1. The van der Waals surface area contributed by atoms with Crippen molar-refractivity contribution in [1.29, 1.82) is 5.41 Å². The molecule has 1 amide bonds. The molecule has 0 bridgehead atoms. The minimum Gasteiger partial charge on any atom is -0.444 e. The average Bonchev–Trinajstić information content (AvgIpc) is 1.99. The molecule has 0 aliphatic heterocycles. The van der Waals surface area contributed by atoms with Crippen LogP contribution in [-0.2, 0) is 4.74 Å². The molecule has 88 valence electrons. The van der Waals surface area contributed by atoms with Crippen LogP contribution in [-0.4, -0.2) is 23.1 Å². The molecule has 0 saturated heterocycles. The van der Waals surface area contributed by atoms with E-state index >= 15 is 0 Å². The van der Waals surface area contributed by atoms with Crippen LogP contribution in [0.15, 0.2) is 0 Å². The SMILES string of the molecule is CCC(C)(NC(=O)OC(C)(C)C)C(=N)N. The van der Waals surface area contributed by atoms with Gasteiger partial charge in [-0.3, -0.25) is 5.41 Å². The number of carbonyl (C=O) groups is 1. The van der Waals surface area contributed by atoms with Crippen LogP contribution in [0, 0.1) is 5.41 Å². The number of amidine groups is 1. The number of nitrogens with two attached hydrogens (primary N) is 1. The Morgan fingerprint density at radius 1 is 1.40 bits per heavy atom. The van der Waals surface area contributed by atoms with Crippen LogP contribution in [0.1, 0.15) is 41.0 Å². The van der Waals surface area contributed by atoms with Crippen LogP contribution in [0.25, 0.3) is 0 Å². The number of amides is 1. The first-order valence-electron chi connectivity index (χ1n) is 4.96. The number of alkyl carbamates (subject to hydrolysis) is 1. The van der Waals surface area contributed by atoms with E-state index in [1.54, 1.807) is 27.7 Å². The van der Waals surface area contributed by atoms with Crippen molar-refractivity contribution in [3.8, 4) is 0 Å². The highest BCUT2D eigenvalue weighted by Gasteiger charge is 2.30. The molecular weight excluding hydrogens is 194 g/mol. The Bertz CT molecular complexity index is 258. The monoisotopic (exact) mass is 215 g/mol. The Balaban J connectivity index is 4.45. The predicted octanol–water partition coefficient (Wildman–Crippen LogP) is 1.62. The molecule has 5 heteroatoms. The lowest BCUT2D eigenvalue weighted by atomic mass is 9.98. The molecule has 0 rings (SSSR count). The lowest BCUT2D eigenvalue weighted by molar-refractivity contribution is 0.0489. The maximum Gasteiger partial charge on any atom is 0.408 e. The molecule has 0 saturated carbocycles.